The fraction of sp³-hybridized carbons (Fsp3) is 0.947. The first-order valence-corrected chi connectivity index (χ1v) is 28.5. The smallest absolute Gasteiger partial charge is 0.249 e. The average molecular weight is 877 g/mol. The number of aliphatic hydroxyl groups is 3. The minimum absolute atomic E-state index is 0.359. The van der Waals surface area contributed by atoms with Gasteiger partial charge in [-0.3, -0.25) is 4.79 Å². The normalized spacial score (nSPS) is 13.3. The van der Waals surface area contributed by atoms with Crippen molar-refractivity contribution in [3.05, 3.63) is 12.2 Å². The molecule has 0 radical (unpaired) electrons. The molecule has 0 saturated heterocycles. The molecule has 0 aliphatic rings. The fourth-order valence-corrected chi connectivity index (χ4v) is 9.19. The second kappa shape index (κ2) is 52.7. The van der Waals surface area contributed by atoms with Crippen LogP contribution in [0.3, 0.4) is 0 Å². The minimum atomic E-state index is -1.09. The van der Waals surface area contributed by atoms with E-state index in [2.05, 4.69) is 19.2 Å². The van der Waals surface area contributed by atoms with Gasteiger partial charge in [-0.05, 0) is 19.3 Å². The van der Waals surface area contributed by atoms with Crippen LogP contribution in [0.5, 0.6) is 0 Å². The third-order valence-electron chi connectivity index (χ3n) is 13.6. The van der Waals surface area contributed by atoms with Gasteiger partial charge in [0.15, 0.2) is 0 Å². The lowest BCUT2D eigenvalue weighted by atomic mass is 10.0. The van der Waals surface area contributed by atoms with Crippen molar-refractivity contribution in [1.82, 2.24) is 5.32 Å². The lowest BCUT2D eigenvalue weighted by molar-refractivity contribution is -0.131. The van der Waals surface area contributed by atoms with Crippen LogP contribution in [0, 0.1) is 0 Å². The molecule has 0 bridgehead atoms. The summed E-state index contributed by atoms with van der Waals surface area (Å²) in [6.07, 6.45) is 66.0. The predicted molar refractivity (Wildman–Crippen MR) is 273 cm³/mol. The molecule has 0 fully saturated rings. The van der Waals surface area contributed by atoms with Gasteiger partial charge in [-0.25, -0.2) is 0 Å². The lowest BCUT2D eigenvalue weighted by Crippen LogP contribution is -2.48. The molecule has 3 unspecified atom stereocenters. The number of aliphatic hydroxyl groups excluding tert-OH is 3. The maximum Gasteiger partial charge on any atom is 0.249 e. The number of unbranched alkanes of at least 4 members (excludes halogenated alkanes) is 45. The summed E-state index contributed by atoms with van der Waals surface area (Å²) in [4.78, 5) is 12.5. The van der Waals surface area contributed by atoms with Crippen LogP contribution in [-0.2, 0) is 4.79 Å². The van der Waals surface area contributed by atoms with Crippen LogP contribution in [0.1, 0.15) is 322 Å². The molecule has 4 N–H and O–H groups in total. The topological polar surface area (TPSA) is 89.8 Å². The summed E-state index contributed by atoms with van der Waals surface area (Å²) in [5, 5.41) is 33.2. The van der Waals surface area contributed by atoms with Crippen molar-refractivity contribution >= 4 is 5.91 Å². The molecule has 0 aliphatic carbocycles. The number of carbonyl (C=O) groups excluding carboxylic acids is 1. The fourth-order valence-electron chi connectivity index (χ4n) is 9.19. The van der Waals surface area contributed by atoms with Crippen molar-refractivity contribution in [2.45, 2.75) is 340 Å². The van der Waals surface area contributed by atoms with E-state index in [1.54, 1.807) is 6.08 Å². The summed E-state index contributed by atoms with van der Waals surface area (Å²) in [6, 6.07) is -0.793. The number of rotatable bonds is 53. The van der Waals surface area contributed by atoms with Gasteiger partial charge >= 0.3 is 0 Å². The highest BCUT2D eigenvalue weighted by molar-refractivity contribution is 5.80. The summed E-state index contributed by atoms with van der Waals surface area (Å²) in [5.74, 6) is -0.498. The molecule has 0 aliphatic heterocycles. The van der Waals surface area contributed by atoms with Crippen LogP contribution in [0.25, 0.3) is 0 Å². The van der Waals surface area contributed by atoms with E-state index in [-0.39, 0.29) is 6.61 Å². The third-order valence-corrected chi connectivity index (χ3v) is 13.6. The Morgan fingerprint density at radius 2 is 0.629 bits per heavy atom. The Hall–Kier alpha value is -0.910. The molecule has 0 aromatic rings. The Balaban J connectivity index is 3.41. The molecule has 370 valence electrons. The lowest BCUT2D eigenvalue weighted by Gasteiger charge is -2.21. The number of carbonyl (C=O) groups is 1. The molecule has 0 heterocycles. The number of amides is 1. The zero-order valence-electron chi connectivity index (χ0n) is 42.3. The molecule has 0 aromatic heterocycles. The number of allylic oxidation sites excluding steroid dienone is 1. The van der Waals surface area contributed by atoms with Crippen molar-refractivity contribution in [1.29, 1.82) is 0 Å². The van der Waals surface area contributed by atoms with Crippen molar-refractivity contribution < 1.29 is 20.1 Å². The van der Waals surface area contributed by atoms with E-state index >= 15 is 0 Å². The second-order valence-corrected chi connectivity index (χ2v) is 19.9. The van der Waals surface area contributed by atoms with Gasteiger partial charge in [0.1, 0.15) is 6.10 Å². The molecule has 3 atom stereocenters. The largest absolute Gasteiger partial charge is 0.394 e. The van der Waals surface area contributed by atoms with E-state index in [4.69, 9.17) is 0 Å². The van der Waals surface area contributed by atoms with Crippen molar-refractivity contribution in [3.8, 4) is 0 Å². The first-order chi connectivity index (χ1) is 30.6. The molecule has 62 heavy (non-hydrogen) atoms. The molecule has 0 saturated carbocycles. The van der Waals surface area contributed by atoms with E-state index in [9.17, 15) is 20.1 Å². The van der Waals surface area contributed by atoms with E-state index in [1.165, 1.54) is 270 Å². The summed E-state index contributed by atoms with van der Waals surface area (Å²) in [5.41, 5.74) is 0. The maximum atomic E-state index is 12.5. The van der Waals surface area contributed by atoms with Gasteiger partial charge in [0.05, 0.1) is 18.8 Å². The predicted octanol–water partition coefficient (Wildman–Crippen LogP) is 17.5. The summed E-state index contributed by atoms with van der Waals surface area (Å²) < 4.78 is 0. The average Bonchev–Trinajstić information content (AvgIpc) is 3.28. The molecule has 1 amide bonds. The zero-order valence-corrected chi connectivity index (χ0v) is 42.3. The molecular formula is C57H113NO4. The Morgan fingerprint density at radius 3 is 0.887 bits per heavy atom. The summed E-state index contributed by atoms with van der Waals surface area (Å²) in [6.45, 7) is 4.20. The summed E-state index contributed by atoms with van der Waals surface area (Å²) >= 11 is 0. The van der Waals surface area contributed by atoms with Crippen LogP contribution in [-0.4, -0.2) is 46.1 Å². The number of nitrogens with one attached hydrogen (secondary N) is 1. The van der Waals surface area contributed by atoms with Gasteiger partial charge in [-0.15, -0.1) is 0 Å². The van der Waals surface area contributed by atoms with Crippen molar-refractivity contribution in [3.63, 3.8) is 0 Å². The van der Waals surface area contributed by atoms with Gasteiger partial charge in [-0.2, -0.15) is 0 Å². The van der Waals surface area contributed by atoms with E-state index in [0.717, 1.165) is 32.1 Å². The highest BCUT2D eigenvalue weighted by atomic mass is 16.3. The first kappa shape index (κ1) is 61.1. The van der Waals surface area contributed by atoms with Crippen LogP contribution >= 0.6 is 0 Å². The van der Waals surface area contributed by atoms with E-state index in [0.29, 0.717) is 6.42 Å². The second-order valence-electron chi connectivity index (χ2n) is 19.9. The molecule has 0 aromatic carbocycles. The molecule has 5 nitrogen and oxygen atoms in total. The Morgan fingerprint density at radius 1 is 0.387 bits per heavy atom. The molecule has 0 rings (SSSR count). The van der Waals surface area contributed by atoms with Gasteiger partial charge in [0.2, 0.25) is 5.91 Å². The molecule has 5 heteroatoms. The highest BCUT2D eigenvalue weighted by Crippen LogP contribution is 2.18. The molecule has 0 spiro atoms. The SMILES string of the molecule is CCCCCCCCCCCC/C=C/C(O)C(CO)NC(=O)C(O)CCCCCCCCCCCCCCCCCCCCCCCCCCCCCCCCCCCCCC. The Kier molecular flexibility index (Phi) is 51.9. The quantitative estimate of drug-likeness (QED) is 0.0362. The van der Waals surface area contributed by atoms with Crippen LogP contribution in [0.4, 0.5) is 0 Å². The van der Waals surface area contributed by atoms with Gasteiger partial charge in [0.25, 0.3) is 0 Å². The molecular weight excluding hydrogens is 763 g/mol. The third kappa shape index (κ3) is 47.1. The van der Waals surface area contributed by atoms with Crippen LogP contribution in [0.2, 0.25) is 0 Å². The van der Waals surface area contributed by atoms with Gasteiger partial charge in [-0.1, -0.05) is 315 Å². The van der Waals surface area contributed by atoms with Crippen molar-refractivity contribution in [2.75, 3.05) is 6.61 Å². The monoisotopic (exact) mass is 876 g/mol. The zero-order chi connectivity index (χ0) is 45.1. The highest BCUT2D eigenvalue weighted by Gasteiger charge is 2.22. The van der Waals surface area contributed by atoms with Crippen LogP contribution in [0.15, 0.2) is 12.2 Å². The Bertz CT molecular complexity index is 879. The standard InChI is InChI=1S/C57H113NO4/c1-3-5-7-9-11-13-15-17-18-19-20-21-22-23-24-25-26-27-28-29-30-31-32-33-34-35-36-37-38-39-40-42-44-46-48-50-52-56(61)57(62)58-54(53-59)55(60)51-49-47-45-43-41-16-14-12-10-8-6-4-2/h49,51,54-56,59-61H,3-48,50,52-53H2,1-2H3,(H,58,62)/b51-49+. The maximum absolute atomic E-state index is 12.5. The van der Waals surface area contributed by atoms with Crippen molar-refractivity contribution in [2.24, 2.45) is 0 Å². The van der Waals surface area contributed by atoms with Crippen LogP contribution < -0.4 is 5.32 Å². The summed E-state index contributed by atoms with van der Waals surface area (Å²) in [7, 11) is 0. The van der Waals surface area contributed by atoms with Gasteiger partial charge < -0.3 is 20.6 Å². The first-order valence-electron chi connectivity index (χ1n) is 28.5. The number of hydrogen-bond donors (Lipinski definition) is 4. The van der Waals surface area contributed by atoms with E-state index in [1.807, 2.05) is 6.08 Å². The Labute approximate surface area is 389 Å². The van der Waals surface area contributed by atoms with E-state index < -0.39 is 24.2 Å². The minimum Gasteiger partial charge on any atom is -0.394 e. The number of hydrogen-bond acceptors (Lipinski definition) is 4. The van der Waals surface area contributed by atoms with Gasteiger partial charge in [0, 0.05) is 0 Å².